The fourth-order valence-electron chi connectivity index (χ4n) is 6.56. The lowest BCUT2D eigenvalue weighted by Crippen LogP contribution is -2.61. The van der Waals surface area contributed by atoms with Crippen LogP contribution in [0, 0.1) is 5.92 Å². The second-order valence-electron chi connectivity index (χ2n) is 14.4. The number of hydrogen-bond acceptors (Lipinski definition) is 9. The van der Waals surface area contributed by atoms with E-state index in [2.05, 4.69) is 25.4 Å². The number of amides is 2. The molecule has 5 rings (SSSR count). The Hall–Kier alpha value is -3.72. The van der Waals surface area contributed by atoms with Crippen LogP contribution in [0.3, 0.4) is 0 Å². The van der Waals surface area contributed by atoms with Crippen LogP contribution in [0.4, 0.5) is 0 Å². The van der Waals surface area contributed by atoms with E-state index in [9.17, 15) is 28.2 Å². The zero-order valence-electron chi connectivity index (χ0n) is 30.0. The monoisotopic (exact) mass is 723 g/mol. The van der Waals surface area contributed by atoms with Gasteiger partial charge in [0, 0.05) is 63.0 Å². The smallest absolute Gasteiger partial charge is 0.264 e. The maximum absolute atomic E-state index is 13.8. The Kier molecular flexibility index (Phi) is 14.3. The number of pyridine rings is 1. The van der Waals surface area contributed by atoms with Gasteiger partial charge in [-0.1, -0.05) is 60.7 Å². The molecule has 2 heterocycles. The van der Waals surface area contributed by atoms with Gasteiger partial charge in [0.2, 0.25) is 11.8 Å². The van der Waals surface area contributed by atoms with Gasteiger partial charge in [-0.05, 0) is 68.9 Å². The lowest BCUT2D eigenvalue weighted by molar-refractivity contribution is -0.132. The molecule has 0 spiro atoms. The number of rotatable bonds is 12. The Bertz CT molecular complexity index is 1670. The molecule has 1 aliphatic carbocycles. The topological polar surface area (TPSA) is 172 Å². The first-order valence-electron chi connectivity index (χ1n) is 17.5. The van der Waals surface area contributed by atoms with Gasteiger partial charge in [-0.3, -0.25) is 28.9 Å². The molecule has 2 aliphatic rings. The Morgan fingerprint density at radius 2 is 1.67 bits per heavy atom. The van der Waals surface area contributed by atoms with Crippen molar-refractivity contribution in [2.75, 3.05) is 31.9 Å². The van der Waals surface area contributed by atoms with Crippen LogP contribution in [0.1, 0.15) is 62.4 Å². The maximum Gasteiger partial charge on any atom is 0.264 e. The summed E-state index contributed by atoms with van der Waals surface area (Å²) in [6, 6.07) is 20.6. The maximum atomic E-state index is 13.8. The first-order valence-corrected chi connectivity index (χ1v) is 19.1. The number of piperazine rings is 1. The van der Waals surface area contributed by atoms with E-state index >= 15 is 0 Å². The Morgan fingerprint density at radius 1 is 1.00 bits per heavy atom. The Morgan fingerprint density at radius 3 is 2.31 bits per heavy atom. The van der Waals surface area contributed by atoms with Crippen molar-refractivity contribution < 1.29 is 32.8 Å². The molecule has 2 amide bonds. The minimum atomic E-state index is -3.66. The number of nitrogens with zero attached hydrogens (tertiary/aromatic N) is 3. The predicted octanol–water partition coefficient (Wildman–Crippen LogP) is 2.76. The number of aromatic nitrogens is 1. The third-order valence-corrected chi connectivity index (χ3v) is 9.80. The van der Waals surface area contributed by atoms with E-state index in [1.165, 1.54) is 6.92 Å². The van der Waals surface area contributed by atoms with Gasteiger partial charge in [-0.25, -0.2) is 0 Å². The summed E-state index contributed by atoms with van der Waals surface area (Å²) in [5.41, 5.74) is 3.68. The molecule has 5 atom stereocenters. The van der Waals surface area contributed by atoms with Gasteiger partial charge in [0.25, 0.3) is 10.1 Å². The largest absolute Gasteiger partial charge is 0.392 e. The normalized spacial score (nSPS) is 20.7. The standard InChI is InChI=1S/C36H47N5O4.C2H6O3S/c1-36(2,3)39-35(45)31-24-40(22-26-12-9-15-37-21-26)16-17-41(31)23-29(42)19-28(18-25-10-5-4-6-11-25)34(44)38-33-30-14-8-7-13-27(30)20-32(33)43;1-2-6(3,4)5/h4-15,21,28-29,31-33,42-43H,16-20,22-24H2,1-3H3,(H,38,44)(H,39,45);2H2,1H3,(H,3,4,5)/t28-,29+,31+,32-,33+;/m1./s1. The molecular formula is C38H53N5O7S. The van der Waals surface area contributed by atoms with Crippen LogP contribution in [-0.2, 0) is 39.1 Å². The molecular weight excluding hydrogens is 671 g/mol. The summed E-state index contributed by atoms with van der Waals surface area (Å²) in [4.78, 5) is 35.9. The highest BCUT2D eigenvalue weighted by Crippen LogP contribution is 2.32. The minimum absolute atomic E-state index is 0.0712. The fourth-order valence-corrected chi connectivity index (χ4v) is 6.56. The van der Waals surface area contributed by atoms with Gasteiger partial charge in [0.05, 0.1) is 24.0 Å². The molecule has 1 aliphatic heterocycles. The van der Waals surface area contributed by atoms with E-state index in [4.69, 9.17) is 4.55 Å². The van der Waals surface area contributed by atoms with Crippen LogP contribution in [0.15, 0.2) is 79.1 Å². The first-order chi connectivity index (χ1) is 24.1. The van der Waals surface area contributed by atoms with Crippen molar-refractivity contribution in [3.63, 3.8) is 0 Å². The molecule has 0 saturated carbocycles. The average Bonchev–Trinajstić information content (AvgIpc) is 3.39. The van der Waals surface area contributed by atoms with E-state index in [1.807, 2.05) is 93.7 Å². The van der Waals surface area contributed by atoms with E-state index in [0.29, 0.717) is 32.5 Å². The lowest BCUT2D eigenvalue weighted by Gasteiger charge is -2.42. The number of aliphatic hydroxyl groups is 2. The first kappa shape index (κ1) is 40.1. The number of β-amino-alcohol motifs (C(OH)–C–C–N with tert-alkyl or cyclic N) is 1. The van der Waals surface area contributed by atoms with Crippen molar-refractivity contribution in [1.82, 2.24) is 25.4 Å². The van der Waals surface area contributed by atoms with Crippen molar-refractivity contribution in [2.24, 2.45) is 5.92 Å². The summed E-state index contributed by atoms with van der Waals surface area (Å²) in [6.45, 7) is 10.1. The second-order valence-corrected chi connectivity index (χ2v) is 16.2. The molecule has 12 nitrogen and oxygen atoms in total. The fraction of sp³-hybridized carbons (Fsp3) is 0.500. The molecule has 51 heavy (non-hydrogen) atoms. The van der Waals surface area contributed by atoms with Crippen LogP contribution in [-0.4, -0.2) is 106 Å². The van der Waals surface area contributed by atoms with Crippen molar-refractivity contribution in [1.29, 1.82) is 0 Å². The molecule has 5 N–H and O–H groups in total. The number of hydrogen-bond donors (Lipinski definition) is 5. The van der Waals surface area contributed by atoms with Crippen LogP contribution in [0.2, 0.25) is 0 Å². The molecule has 3 aromatic rings. The number of carbonyl (C=O) groups is 2. The van der Waals surface area contributed by atoms with Gasteiger partial charge in [-0.2, -0.15) is 8.42 Å². The molecule has 1 saturated heterocycles. The van der Waals surface area contributed by atoms with Crippen molar-refractivity contribution in [2.45, 2.75) is 83.3 Å². The Balaban J connectivity index is 0.000000894. The summed E-state index contributed by atoms with van der Waals surface area (Å²) in [5, 5.41) is 28.5. The van der Waals surface area contributed by atoms with Crippen LogP contribution in [0.5, 0.6) is 0 Å². The van der Waals surface area contributed by atoms with Crippen molar-refractivity contribution in [3.05, 3.63) is 101 Å². The molecule has 0 radical (unpaired) electrons. The summed E-state index contributed by atoms with van der Waals surface area (Å²) in [6.07, 6.45) is 3.26. The Labute approximate surface area is 302 Å². The van der Waals surface area contributed by atoms with Gasteiger partial charge in [0.15, 0.2) is 0 Å². The van der Waals surface area contributed by atoms with Crippen LogP contribution in [0.25, 0.3) is 0 Å². The predicted molar refractivity (Wildman–Crippen MR) is 196 cm³/mol. The average molecular weight is 724 g/mol. The second kappa shape index (κ2) is 18.2. The molecule has 0 bridgehead atoms. The quantitative estimate of drug-likeness (QED) is 0.175. The summed E-state index contributed by atoms with van der Waals surface area (Å²) in [5.74, 6) is -0.983. The number of benzene rings is 2. The number of carbonyl (C=O) groups excluding carboxylic acids is 2. The van der Waals surface area contributed by atoms with E-state index < -0.39 is 45.9 Å². The van der Waals surface area contributed by atoms with Crippen molar-refractivity contribution in [3.8, 4) is 0 Å². The van der Waals surface area contributed by atoms with Crippen molar-refractivity contribution >= 4 is 21.9 Å². The molecule has 1 aromatic heterocycles. The summed E-state index contributed by atoms with van der Waals surface area (Å²) >= 11 is 0. The number of aliphatic hydroxyl groups excluding tert-OH is 2. The molecule has 0 unspecified atom stereocenters. The summed E-state index contributed by atoms with van der Waals surface area (Å²) < 4.78 is 26.9. The zero-order chi connectivity index (χ0) is 37.2. The highest BCUT2D eigenvalue weighted by molar-refractivity contribution is 7.85. The third kappa shape index (κ3) is 12.8. The van der Waals surface area contributed by atoms with E-state index in [1.54, 1.807) is 6.20 Å². The third-order valence-electron chi connectivity index (χ3n) is 9.07. The van der Waals surface area contributed by atoms with Crippen LogP contribution < -0.4 is 10.6 Å². The van der Waals surface area contributed by atoms with Crippen LogP contribution >= 0.6 is 0 Å². The number of fused-ring (bicyclic) bond motifs is 1. The molecule has 278 valence electrons. The zero-order valence-corrected chi connectivity index (χ0v) is 30.8. The number of nitrogens with one attached hydrogen (secondary N) is 2. The van der Waals surface area contributed by atoms with Gasteiger partial charge in [0.1, 0.15) is 6.04 Å². The van der Waals surface area contributed by atoms with Gasteiger partial charge >= 0.3 is 0 Å². The highest BCUT2D eigenvalue weighted by atomic mass is 32.2. The van der Waals surface area contributed by atoms with Gasteiger partial charge in [-0.15, -0.1) is 0 Å². The lowest BCUT2D eigenvalue weighted by atomic mass is 9.91. The van der Waals surface area contributed by atoms with Gasteiger partial charge < -0.3 is 20.8 Å². The molecule has 1 fully saturated rings. The SMILES string of the molecule is CC(C)(C)NC(=O)[C@@H]1CN(Cc2cccnc2)CCN1C[C@@H](O)C[C@@H](Cc1ccccc1)C(=O)N[C@H]1c2ccccc2C[C@H]1O.CCS(=O)(=O)O. The van der Waals surface area contributed by atoms with E-state index in [-0.39, 0.29) is 30.5 Å². The molecule has 2 aromatic carbocycles. The minimum Gasteiger partial charge on any atom is -0.392 e. The highest BCUT2D eigenvalue weighted by Gasteiger charge is 2.37. The summed E-state index contributed by atoms with van der Waals surface area (Å²) in [7, 11) is -3.66. The van der Waals surface area contributed by atoms with E-state index in [0.717, 1.165) is 28.8 Å². The molecule has 13 heteroatoms.